The van der Waals surface area contributed by atoms with E-state index >= 15 is 0 Å². The SMILES string of the molecule is CCC=C(C)C(=O)Nc1cccc(S(=O)(=O)N2CCN(CC)CC2)c1. The summed E-state index contributed by atoms with van der Waals surface area (Å²) in [5.41, 5.74) is 1.11. The van der Waals surface area contributed by atoms with E-state index in [2.05, 4.69) is 17.1 Å². The molecule has 0 aliphatic carbocycles. The number of likely N-dealkylation sites (N-methyl/N-ethyl adjacent to an activating group) is 1. The highest BCUT2D eigenvalue weighted by Crippen LogP contribution is 2.21. The number of nitrogens with one attached hydrogen (secondary N) is 1. The standard InChI is InChI=1S/C18H27N3O3S/c1-4-7-15(3)18(22)19-16-8-6-9-17(14-16)25(23,24)21-12-10-20(5-2)11-13-21/h6-9,14H,4-5,10-13H2,1-3H3,(H,19,22). The summed E-state index contributed by atoms with van der Waals surface area (Å²) in [5.74, 6) is -0.215. The number of piperazine rings is 1. The Hall–Kier alpha value is -1.70. The van der Waals surface area contributed by atoms with E-state index in [1.165, 1.54) is 10.4 Å². The predicted molar refractivity (Wildman–Crippen MR) is 100.0 cm³/mol. The van der Waals surface area contributed by atoms with Crippen LogP contribution in [0.2, 0.25) is 0 Å². The van der Waals surface area contributed by atoms with E-state index in [1.807, 2.05) is 13.0 Å². The average molecular weight is 365 g/mol. The smallest absolute Gasteiger partial charge is 0.250 e. The van der Waals surface area contributed by atoms with Gasteiger partial charge in [0.05, 0.1) is 4.90 Å². The van der Waals surface area contributed by atoms with Gasteiger partial charge >= 0.3 is 0 Å². The quantitative estimate of drug-likeness (QED) is 0.786. The largest absolute Gasteiger partial charge is 0.322 e. The Bertz CT molecular complexity index is 736. The van der Waals surface area contributed by atoms with Crippen LogP contribution in [0.3, 0.4) is 0 Å². The lowest BCUT2D eigenvalue weighted by Crippen LogP contribution is -2.48. The topological polar surface area (TPSA) is 69.7 Å². The van der Waals surface area contributed by atoms with Crippen LogP contribution >= 0.6 is 0 Å². The van der Waals surface area contributed by atoms with Crippen LogP contribution in [0.5, 0.6) is 0 Å². The second kappa shape index (κ2) is 8.60. The zero-order valence-corrected chi connectivity index (χ0v) is 16.0. The molecule has 1 amide bonds. The molecule has 1 aliphatic heterocycles. The molecule has 1 fully saturated rings. The second-order valence-corrected chi connectivity index (χ2v) is 8.05. The highest BCUT2D eigenvalue weighted by atomic mass is 32.2. The minimum atomic E-state index is -3.54. The number of rotatable bonds is 6. The van der Waals surface area contributed by atoms with Crippen LogP contribution in [0.15, 0.2) is 40.8 Å². The van der Waals surface area contributed by atoms with Gasteiger partial charge in [-0.25, -0.2) is 8.42 Å². The first-order valence-electron chi connectivity index (χ1n) is 8.69. The first-order valence-corrected chi connectivity index (χ1v) is 10.1. The lowest BCUT2D eigenvalue weighted by Gasteiger charge is -2.33. The molecule has 1 aromatic rings. The Morgan fingerprint density at radius 2 is 1.88 bits per heavy atom. The van der Waals surface area contributed by atoms with E-state index in [1.54, 1.807) is 25.1 Å². The molecule has 7 heteroatoms. The lowest BCUT2D eigenvalue weighted by atomic mass is 10.2. The van der Waals surface area contributed by atoms with Crippen molar-refractivity contribution in [2.75, 3.05) is 38.0 Å². The van der Waals surface area contributed by atoms with Crippen LogP contribution in [0.1, 0.15) is 27.2 Å². The van der Waals surface area contributed by atoms with Crippen LogP contribution in [0, 0.1) is 0 Å². The molecule has 0 spiro atoms. The Kier molecular flexibility index (Phi) is 6.75. The third kappa shape index (κ3) is 4.90. The van der Waals surface area contributed by atoms with Gasteiger partial charge in [0.1, 0.15) is 0 Å². The van der Waals surface area contributed by atoms with Crippen molar-refractivity contribution in [3.05, 3.63) is 35.9 Å². The zero-order valence-electron chi connectivity index (χ0n) is 15.2. The summed E-state index contributed by atoms with van der Waals surface area (Å²) in [6.07, 6.45) is 2.61. The molecule has 1 aliphatic rings. The van der Waals surface area contributed by atoms with E-state index < -0.39 is 10.0 Å². The fourth-order valence-corrected chi connectivity index (χ4v) is 4.27. The van der Waals surface area contributed by atoms with Crippen molar-refractivity contribution >= 4 is 21.6 Å². The minimum absolute atomic E-state index is 0.215. The summed E-state index contributed by atoms with van der Waals surface area (Å²) >= 11 is 0. The third-order valence-corrected chi connectivity index (χ3v) is 6.27. The predicted octanol–water partition coefficient (Wildman–Crippen LogP) is 2.31. The number of allylic oxidation sites excluding steroid dienone is 1. The number of hydrogen-bond donors (Lipinski definition) is 1. The van der Waals surface area contributed by atoms with Gasteiger partial charge in [-0.05, 0) is 38.1 Å². The van der Waals surface area contributed by atoms with Gasteiger partial charge in [0.2, 0.25) is 10.0 Å². The van der Waals surface area contributed by atoms with E-state index in [0.717, 1.165) is 26.1 Å². The fraction of sp³-hybridized carbons (Fsp3) is 0.500. The first kappa shape index (κ1) is 19.6. The van der Waals surface area contributed by atoms with Crippen molar-refractivity contribution in [3.8, 4) is 0 Å². The molecule has 0 atom stereocenters. The Labute approximate surface area is 150 Å². The van der Waals surface area contributed by atoms with Gasteiger partial charge in [-0.1, -0.05) is 26.0 Å². The summed E-state index contributed by atoms with van der Waals surface area (Å²) in [7, 11) is -3.54. The van der Waals surface area contributed by atoms with Crippen LogP contribution in [0.25, 0.3) is 0 Å². The van der Waals surface area contributed by atoms with Crippen LogP contribution in [0.4, 0.5) is 5.69 Å². The normalized spacial score (nSPS) is 17.5. The zero-order chi connectivity index (χ0) is 18.4. The number of sulfonamides is 1. The molecule has 138 valence electrons. The maximum atomic E-state index is 12.8. The maximum absolute atomic E-state index is 12.8. The van der Waals surface area contributed by atoms with E-state index in [4.69, 9.17) is 0 Å². The van der Waals surface area contributed by atoms with Gasteiger partial charge in [-0.3, -0.25) is 4.79 Å². The van der Waals surface area contributed by atoms with Crippen molar-refractivity contribution in [3.63, 3.8) is 0 Å². The number of nitrogens with zero attached hydrogens (tertiary/aromatic N) is 2. The monoisotopic (exact) mass is 365 g/mol. The molecule has 1 heterocycles. The molecular formula is C18H27N3O3S. The molecular weight excluding hydrogens is 338 g/mol. The Balaban J connectivity index is 2.15. The second-order valence-electron chi connectivity index (χ2n) is 6.12. The molecule has 2 rings (SSSR count). The summed E-state index contributed by atoms with van der Waals surface area (Å²) in [6, 6.07) is 6.46. The number of carbonyl (C=O) groups is 1. The lowest BCUT2D eigenvalue weighted by molar-refractivity contribution is -0.112. The van der Waals surface area contributed by atoms with Crippen molar-refractivity contribution in [2.24, 2.45) is 0 Å². The number of hydrogen-bond acceptors (Lipinski definition) is 4. The molecule has 25 heavy (non-hydrogen) atoms. The number of carbonyl (C=O) groups excluding carboxylic acids is 1. The van der Waals surface area contributed by atoms with Gasteiger partial charge in [0.15, 0.2) is 0 Å². The van der Waals surface area contributed by atoms with Gasteiger partial charge in [0.25, 0.3) is 5.91 Å². The Morgan fingerprint density at radius 3 is 2.48 bits per heavy atom. The van der Waals surface area contributed by atoms with Crippen molar-refractivity contribution < 1.29 is 13.2 Å². The first-order chi connectivity index (χ1) is 11.9. The number of amides is 1. The third-order valence-electron chi connectivity index (χ3n) is 4.38. The van der Waals surface area contributed by atoms with Crippen molar-refractivity contribution in [1.82, 2.24) is 9.21 Å². The van der Waals surface area contributed by atoms with E-state index in [-0.39, 0.29) is 10.8 Å². The van der Waals surface area contributed by atoms with Crippen molar-refractivity contribution in [2.45, 2.75) is 32.1 Å². The summed E-state index contributed by atoms with van der Waals surface area (Å²) in [6.45, 7) is 9.18. The summed E-state index contributed by atoms with van der Waals surface area (Å²) in [5, 5.41) is 2.76. The Morgan fingerprint density at radius 1 is 1.20 bits per heavy atom. The highest BCUT2D eigenvalue weighted by molar-refractivity contribution is 7.89. The number of anilines is 1. The van der Waals surface area contributed by atoms with E-state index in [0.29, 0.717) is 24.4 Å². The molecule has 0 radical (unpaired) electrons. The fourth-order valence-electron chi connectivity index (χ4n) is 2.80. The molecule has 1 saturated heterocycles. The van der Waals surface area contributed by atoms with Gasteiger partial charge in [-0.15, -0.1) is 0 Å². The van der Waals surface area contributed by atoms with Crippen molar-refractivity contribution in [1.29, 1.82) is 0 Å². The number of benzene rings is 1. The molecule has 0 aromatic heterocycles. The molecule has 1 N–H and O–H groups in total. The van der Waals surface area contributed by atoms with Crippen LogP contribution in [-0.4, -0.2) is 56.3 Å². The minimum Gasteiger partial charge on any atom is -0.322 e. The van der Waals surface area contributed by atoms with Gasteiger partial charge < -0.3 is 10.2 Å². The molecule has 0 bridgehead atoms. The van der Waals surface area contributed by atoms with Gasteiger partial charge in [-0.2, -0.15) is 4.31 Å². The maximum Gasteiger partial charge on any atom is 0.250 e. The molecule has 6 nitrogen and oxygen atoms in total. The van der Waals surface area contributed by atoms with Crippen LogP contribution in [-0.2, 0) is 14.8 Å². The molecule has 0 unspecified atom stereocenters. The molecule has 0 saturated carbocycles. The van der Waals surface area contributed by atoms with E-state index in [9.17, 15) is 13.2 Å². The van der Waals surface area contributed by atoms with Crippen LogP contribution < -0.4 is 5.32 Å². The highest BCUT2D eigenvalue weighted by Gasteiger charge is 2.28. The summed E-state index contributed by atoms with van der Waals surface area (Å²) < 4.78 is 27.2. The summed E-state index contributed by atoms with van der Waals surface area (Å²) in [4.78, 5) is 14.5. The van der Waals surface area contributed by atoms with Gasteiger partial charge in [0, 0.05) is 37.4 Å². The average Bonchev–Trinajstić information content (AvgIpc) is 2.62. The molecule has 1 aromatic carbocycles.